The lowest BCUT2D eigenvalue weighted by Gasteiger charge is -2.31. The molecule has 1 heterocycles. The van der Waals surface area contributed by atoms with Crippen molar-refractivity contribution >= 4 is 15.7 Å². The Labute approximate surface area is 114 Å². The molecule has 0 aliphatic carbocycles. The third-order valence-corrected chi connectivity index (χ3v) is 5.52. The molecule has 5 nitrogen and oxygen atoms in total. The predicted octanol–water partition coefficient (Wildman–Crippen LogP) is 1.38. The highest BCUT2D eigenvalue weighted by molar-refractivity contribution is 7.89. The first-order valence-corrected chi connectivity index (χ1v) is 7.78. The molecule has 1 unspecified atom stereocenters. The van der Waals surface area contributed by atoms with E-state index < -0.39 is 10.0 Å². The fourth-order valence-corrected chi connectivity index (χ4v) is 4.13. The fourth-order valence-electron chi connectivity index (χ4n) is 2.42. The first-order chi connectivity index (χ1) is 8.95. The van der Waals surface area contributed by atoms with Gasteiger partial charge in [-0.1, -0.05) is 0 Å². The van der Waals surface area contributed by atoms with Crippen LogP contribution in [0.4, 0.5) is 5.69 Å². The number of benzene rings is 1. The Morgan fingerprint density at radius 1 is 1.42 bits per heavy atom. The molecule has 0 aromatic heterocycles. The van der Waals surface area contributed by atoms with Crippen molar-refractivity contribution in [3.05, 3.63) is 23.8 Å². The summed E-state index contributed by atoms with van der Waals surface area (Å²) in [4.78, 5) is 0.332. The summed E-state index contributed by atoms with van der Waals surface area (Å²) in [6, 6.07) is 4.89. The topological polar surface area (TPSA) is 72.6 Å². The van der Waals surface area contributed by atoms with E-state index in [2.05, 4.69) is 0 Å². The molecule has 2 rings (SSSR count). The quantitative estimate of drug-likeness (QED) is 0.851. The van der Waals surface area contributed by atoms with E-state index >= 15 is 0 Å². The highest BCUT2D eigenvalue weighted by Crippen LogP contribution is 2.25. The van der Waals surface area contributed by atoms with Gasteiger partial charge in [0.2, 0.25) is 10.0 Å². The maximum absolute atomic E-state index is 12.6. The lowest BCUT2D eigenvalue weighted by atomic mass is 10.1. The molecule has 0 bridgehead atoms. The molecule has 0 radical (unpaired) electrons. The normalized spacial score (nSPS) is 21.5. The minimum absolute atomic E-state index is 0.0161. The number of nitrogens with two attached hydrogens (primary N) is 1. The number of hydrogen-bond donors (Lipinski definition) is 1. The fraction of sp³-hybridized carbons (Fsp3) is 0.538. The van der Waals surface area contributed by atoms with Gasteiger partial charge in [-0.2, -0.15) is 4.31 Å². The Balaban J connectivity index is 2.31. The zero-order valence-electron chi connectivity index (χ0n) is 11.3. The SMILES string of the molecule is COC1CCCN(S(=O)(=O)c2ccc(N)cc2C)C1. The van der Waals surface area contributed by atoms with Gasteiger partial charge in [-0.05, 0) is 43.5 Å². The summed E-state index contributed by atoms with van der Waals surface area (Å²) in [5.74, 6) is 0. The first kappa shape index (κ1) is 14.3. The molecular weight excluding hydrogens is 264 g/mol. The number of piperidine rings is 1. The maximum Gasteiger partial charge on any atom is 0.243 e. The van der Waals surface area contributed by atoms with Crippen LogP contribution in [0.1, 0.15) is 18.4 Å². The number of methoxy groups -OCH3 is 1. The largest absolute Gasteiger partial charge is 0.399 e. The summed E-state index contributed by atoms with van der Waals surface area (Å²) in [5, 5.41) is 0. The van der Waals surface area contributed by atoms with Crippen LogP contribution >= 0.6 is 0 Å². The van der Waals surface area contributed by atoms with Gasteiger partial charge in [-0.3, -0.25) is 0 Å². The van der Waals surface area contributed by atoms with Crippen LogP contribution in [-0.2, 0) is 14.8 Å². The minimum Gasteiger partial charge on any atom is -0.399 e. The van der Waals surface area contributed by atoms with Crippen LogP contribution in [-0.4, -0.2) is 39.0 Å². The number of rotatable bonds is 3. The summed E-state index contributed by atoms with van der Waals surface area (Å²) in [6.07, 6.45) is 1.72. The van der Waals surface area contributed by atoms with E-state index in [9.17, 15) is 8.42 Å². The third kappa shape index (κ3) is 2.91. The second kappa shape index (κ2) is 5.48. The van der Waals surface area contributed by atoms with Crippen molar-refractivity contribution in [1.29, 1.82) is 0 Å². The zero-order valence-corrected chi connectivity index (χ0v) is 12.1. The highest BCUT2D eigenvalue weighted by Gasteiger charge is 2.31. The number of nitrogens with zero attached hydrogens (tertiary/aromatic N) is 1. The average molecular weight is 284 g/mol. The number of nitrogen functional groups attached to an aromatic ring is 1. The number of aryl methyl sites for hydroxylation is 1. The van der Waals surface area contributed by atoms with Crippen LogP contribution in [0.3, 0.4) is 0 Å². The molecule has 0 spiro atoms. The van der Waals surface area contributed by atoms with E-state index in [1.54, 1.807) is 32.2 Å². The molecule has 1 fully saturated rings. The van der Waals surface area contributed by atoms with Gasteiger partial charge in [0, 0.05) is 25.9 Å². The van der Waals surface area contributed by atoms with Gasteiger partial charge in [0.1, 0.15) is 0 Å². The van der Waals surface area contributed by atoms with E-state index in [4.69, 9.17) is 10.5 Å². The molecule has 1 aromatic carbocycles. The minimum atomic E-state index is -3.45. The molecule has 1 atom stereocenters. The summed E-state index contributed by atoms with van der Waals surface area (Å²) < 4.78 is 32.0. The van der Waals surface area contributed by atoms with Crippen molar-refractivity contribution in [2.24, 2.45) is 0 Å². The van der Waals surface area contributed by atoms with Crippen LogP contribution < -0.4 is 5.73 Å². The van der Waals surface area contributed by atoms with Gasteiger partial charge in [0.15, 0.2) is 0 Å². The predicted molar refractivity (Wildman–Crippen MR) is 74.4 cm³/mol. The lowest BCUT2D eigenvalue weighted by molar-refractivity contribution is 0.0572. The van der Waals surface area contributed by atoms with Crippen molar-refractivity contribution in [3.8, 4) is 0 Å². The van der Waals surface area contributed by atoms with Crippen LogP contribution in [0, 0.1) is 6.92 Å². The smallest absolute Gasteiger partial charge is 0.243 e. The standard InChI is InChI=1S/C13H20N2O3S/c1-10-8-11(14)5-6-13(10)19(16,17)15-7-3-4-12(9-15)18-2/h5-6,8,12H,3-4,7,9,14H2,1-2H3. The maximum atomic E-state index is 12.6. The summed E-state index contributed by atoms with van der Waals surface area (Å²) in [5.41, 5.74) is 6.92. The van der Waals surface area contributed by atoms with E-state index in [0.717, 1.165) is 12.8 Å². The van der Waals surface area contributed by atoms with E-state index in [1.807, 2.05) is 0 Å². The van der Waals surface area contributed by atoms with Crippen molar-refractivity contribution in [1.82, 2.24) is 4.31 Å². The van der Waals surface area contributed by atoms with Crippen LogP contribution in [0.25, 0.3) is 0 Å². The first-order valence-electron chi connectivity index (χ1n) is 6.34. The third-order valence-electron chi connectivity index (χ3n) is 3.49. The van der Waals surface area contributed by atoms with Gasteiger partial charge >= 0.3 is 0 Å². The Morgan fingerprint density at radius 2 is 2.16 bits per heavy atom. The van der Waals surface area contributed by atoms with Gasteiger partial charge < -0.3 is 10.5 Å². The van der Waals surface area contributed by atoms with E-state index in [1.165, 1.54) is 4.31 Å². The number of sulfonamides is 1. The molecule has 19 heavy (non-hydrogen) atoms. The van der Waals surface area contributed by atoms with Crippen molar-refractivity contribution in [2.75, 3.05) is 25.9 Å². The Kier molecular flexibility index (Phi) is 4.13. The Morgan fingerprint density at radius 3 is 2.79 bits per heavy atom. The Bertz CT molecular complexity index is 557. The molecule has 106 valence electrons. The van der Waals surface area contributed by atoms with Crippen molar-refractivity contribution in [3.63, 3.8) is 0 Å². The molecule has 0 saturated carbocycles. The van der Waals surface area contributed by atoms with Crippen LogP contribution in [0.15, 0.2) is 23.1 Å². The number of ether oxygens (including phenoxy) is 1. The molecule has 6 heteroatoms. The van der Waals surface area contributed by atoms with Crippen molar-refractivity contribution < 1.29 is 13.2 Å². The average Bonchev–Trinajstić information content (AvgIpc) is 2.38. The molecular formula is C13H20N2O3S. The van der Waals surface area contributed by atoms with Gasteiger partial charge in [0.25, 0.3) is 0 Å². The number of hydrogen-bond acceptors (Lipinski definition) is 4. The van der Waals surface area contributed by atoms with Gasteiger partial charge in [0.05, 0.1) is 11.0 Å². The number of anilines is 1. The Hall–Kier alpha value is -1.11. The van der Waals surface area contributed by atoms with Gasteiger partial charge in [-0.25, -0.2) is 8.42 Å². The lowest BCUT2D eigenvalue weighted by Crippen LogP contribution is -2.43. The summed E-state index contributed by atoms with van der Waals surface area (Å²) in [6.45, 7) is 2.73. The van der Waals surface area contributed by atoms with E-state index in [0.29, 0.717) is 29.2 Å². The van der Waals surface area contributed by atoms with Crippen molar-refractivity contribution in [2.45, 2.75) is 30.8 Å². The van der Waals surface area contributed by atoms with Crippen LogP contribution in [0.5, 0.6) is 0 Å². The molecule has 0 amide bonds. The summed E-state index contributed by atoms with van der Waals surface area (Å²) >= 11 is 0. The second-order valence-corrected chi connectivity index (χ2v) is 6.79. The monoisotopic (exact) mass is 284 g/mol. The zero-order chi connectivity index (χ0) is 14.0. The molecule has 1 aromatic rings. The molecule has 2 N–H and O–H groups in total. The molecule has 1 aliphatic heterocycles. The highest BCUT2D eigenvalue weighted by atomic mass is 32.2. The molecule has 1 saturated heterocycles. The van der Waals surface area contributed by atoms with Gasteiger partial charge in [-0.15, -0.1) is 0 Å². The summed E-state index contributed by atoms with van der Waals surface area (Å²) in [7, 11) is -1.83. The van der Waals surface area contributed by atoms with Crippen LogP contribution in [0.2, 0.25) is 0 Å². The second-order valence-electron chi connectivity index (χ2n) is 4.89. The molecule has 1 aliphatic rings. The van der Waals surface area contributed by atoms with E-state index in [-0.39, 0.29) is 6.10 Å².